The van der Waals surface area contributed by atoms with Crippen molar-refractivity contribution in [2.75, 3.05) is 30.5 Å². The van der Waals surface area contributed by atoms with Gasteiger partial charge < -0.3 is 19.7 Å². The lowest BCUT2D eigenvalue weighted by Crippen LogP contribution is -2.28. The smallest absolute Gasteiger partial charge is 0.311 e. The summed E-state index contributed by atoms with van der Waals surface area (Å²) in [6.07, 6.45) is -0.0612. The maximum absolute atomic E-state index is 12.3. The standard InChI is InChI=1S/C20H18ClN3O7/c1-30-15-5-6-17(24(28)29)16(9-15)22-18(25)11-31-20(27)12-7-19(26)23(10-12)14-4-2-3-13(21)8-14/h2-6,8-9,12H,7,10-11H2,1H3,(H,22,25)/t12-/m0/s1. The Labute approximate surface area is 181 Å². The van der Waals surface area contributed by atoms with Gasteiger partial charge >= 0.3 is 5.97 Å². The molecule has 11 heteroatoms. The summed E-state index contributed by atoms with van der Waals surface area (Å²) in [4.78, 5) is 48.6. The lowest BCUT2D eigenvalue weighted by atomic mass is 10.1. The van der Waals surface area contributed by atoms with Crippen LogP contribution in [0.2, 0.25) is 5.02 Å². The number of ether oxygens (including phenoxy) is 2. The van der Waals surface area contributed by atoms with Gasteiger partial charge in [0.1, 0.15) is 11.4 Å². The number of methoxy groups -OCH3 is 1. The van der Waals surface area contributed by atoms with Crippen LogP contribution in [0.25, 0.3) is 0 Å². The zero-order valence-electron chi connectivity index (χ0n) is 16.4. The van der Waals surface area contributed by atoms with Crippen molar-refractivity contribution in [3.05, 3.63) is 57.6 Å². The molecule has 31 heavy (non-hydrogen) atoms. The van der Waals surface area contributed by atoms with Gasteiger partial charge in [-0.25, -0.2) is 0 Å². The number of hydrogen-bond acceptors (Lipinski definition) is 7. The van der Waals surface area contributed by atoms with Crippen LogP contribution in [0.4, 0.5) is 17.1 Å². The number of carbonyl (C=O) groups is 3. The molecule has 0 radical (unpaired) electrons. The van der Waals surface area contributed by atoms with E-state index in [1.54, 1.807) is 24.3 Å². The van der Waals surface area contributed by atoms with Crippen molar-refractivity contribution in [3.8, 4) is 5.75 Å². The molecule has 0 saturated carbocycles. The number of halogens is 1. The Morgan fingerprint density at radius 2 is 2.06 bits per heavy atom. The number of nitro benzene ring substituents is 1. The number of benzene rings is 2. The van der Waals surface area contributed by atoms with Gasteiger partial charge in [-0.05, 0) is 24.3 Å². The normalized spacial score (nSPS) is 15.5. The summed E-state index contributed by atoms with van der Waals surface area (Å²) < 4.78 is 10.0. The number of nitrogens with zero attached hydrogens (tertiary/aromatic N) is 2. The Morgan fingerprint density at radius 3 is 2.74 bits per heavy atom. The third-order valence-electron chi connectivity index (χ3n) is 4.60. The third kappa shape index (κ3) is 5.28. The molecule has 0 spiro atoms. The molecular formula is C20H18ClN3O7. The van der Waals surface area contributed by atoms with E-state index in [9.17, 15) is 24.5 Å². The maximum Gasteiger partial charge on any atom is 0.311 e. The van der Waals surface area contributed by atoms with Crippen molar-refractivity contribution in [3.63, 3.8) is 0 Å². The van der Waals surface area contributed by atoms with Gasteiger partial charge in [0.25, 0.3) is 11.6 Å². The predicted octanol–water partition coefficient (Wildman–Crippen LogP) is 2.79. The van der Waals surface area contributed by atoms with E-state index in [4.69, 9.17) is 21.1 Å². The number of nitro groups is 1. The molecule has 0 aromatic heterocycles. The number of carbonyl (C=O) groups excluding carboxylic acids is 3. The Bertz CT molecular complexity index is 1040. The monoisotopic (exact) mass is 447 g/mol. The van der Waals surface area contributed by atoms with E-state index in [2.05, 4.69) is 5.32 Å². The van der Waals surface area contributed by atoms with Crippen molar-refractivity contribution in [2.24, 2.45) is 5.92 Å². The fraction of sp³-hybridized carbons (Fsp3) is 0.250. The summed E-state index contributed by atoms with van der Waals surface area (Å²) in [5.41, 5.74) is 0.142. The zero-order chi connectivity index (χ0) is 22.5. The van der Waals surface area contributed by atoms with E-state index < -0.39 is 29.3 Å². The molecule has 2 aromatic rings. The van der Waals surface area contributed by atoms with Gasteiger partial charge in [-0.3, -0.25) is 24.5 Å². The van der Waals surface area contributed by atoms with Crippen LogP contribution in [-0.2, 0) is 19.1 Å². The molecule has 2 aromatic carbocycles. The number of hydrogen-bond donors (Lipinski definition) is 1. The quantitative estimate of drug-likeness (QED) is 0.392. The molecule has 0 bridgehead atoms. The molecular weight excluding hydrogens is 430 g/mol. The fourth-order valence-electron chi connectivity index (χ4n) is 3.10. The number of rotatable bonds is 7. The Hall–Kier alpha value is -3.66. The van der Waals surface area contributed by atoms with Gasteiger partial charge in [-0.15, -0.1) is 0 Å². The molecule has 1 fully saturated rings. The highest BCUT2D eigenvalue weighted by atomic mass is 35.5. The third-order valence-corrected chi connectivity index (χ3v) is 4.83. The average molecular weight is 448 g/mol. The molecule has 1 aliphatic rings. The van der Waals surface area contributed by atoms with Crippen LogP contribution in [0.3, 0.4) is 0 Å². The summed E-state index contributed by atoms with van der Waals surface area (Å²) >= 11 is 5.95. The van der Waals surface area contributed by atoms with Crippen molar-refractivity contribution in [1.82, 2.24) is 0 Å². The van der Waals surface area contributed by atoms with E-state index in [-0.39, 0.29) is 30.2 Å². The van der Waals surface area contributed by atoms with E-state index in [1.807, 2.05) is 0 Å². The lowest BCUT2D eigenvalue weighted by Gasteiger charge is -2.16. The van der Waals surface area contributed by atoms with Crippen molar-refractivity contribution in [1.29, 1.82) is 0 Å². The van der Waals surface area contributed by atoms with Crippen LogP contribution in [0.1, 0.15) is 6.42 Å². The lowest BCUT2D eigenvalue weighted by molar-refractivity contribution is -0.383. The van der Waals surface area contributed by atoms with E-state index >= 15 is 0 Å². The molecule has 1 saturated heterocycles. The molecule has 1 aliphatic heterocycles. The van der Waals surface area contributed by atoms with Crippen molar-refractivity contribution in [2.45, 2.75) is 6.42 Å². The number of anilines is 2. The zero-order valence-corrected chi connectivity index (χ0v) is 17.1. The highest BCUT2D eigenvalue weighted by Crippen LogP contribution is 2.29. The van der Waals surface area contributed by atoms with Gasteiger partial charge in [-0.2, -0.15) is 0 Å². The summed E-state index contributed by atoms with van der Waals surface area (Å²) in [5.74, 6) is -2.18. The van der Waals surface area contributed by atoms with Crippen LogP contribution >= 0.6 is 11.6 Å². The van der Waals surface area contributed by atoms with Crippen molar-refractivity contribution >= 4 is 46.4 Å². The van der Waals surface area contributed by atoms with Gasteiger partial charge in [0.15, 0.2) is 6.61 Å². The molecule has 0 unspecified atom stereocenters. The van der Waals surface area contributed by atoms with Gasteiger partial charge in [0.05, 0.1) is 18.0 Å². The average Bonchev–Trinajstić information content (AvgIpc) is 3.13. The predicted molar refractivity (Wildman–Crippen MR) is 111 cm³/mol. The topological polar surface area (TPSA) is 128 Å². The van der Waals surface area contributed by atoms with Crippen LogP contribution in [-0.4, -0.2) is 43.0 Å². The van der Waals surface area contributed by atoms with Crippen LogP contribution < -0.4 is 15.0 Å². The first-order valence-corrected chi connectivity index (χ1v) is 9.51. The summed E-state index contributed by atoms with van der Waals surface area (Å²) in [6, 6.07) is 10.5. The fourth-order valence-corrected chi connectivity index (χ4v) is 3.29. The second kappa shape index (κ2) is 9.43. The minimum absolute atomic E-state index is 0.0612. The first-order valence-electron chi connectivity index (χ1n) is 9.13. The van der Waals surface area contributed by atoms with Gasteiger partial charge in [0, 0.05) is 35.8 Å². The highest BCUT2D eigenvalue weighted by molar-refractivity contribution is 6.31. The Morgan fingerprint density at radius 1 is 1.29 bits per heavy atom. The second-order valence-electron chi connectivity index (χ2n) is 6.68. The number of nitrogens with one attached hydrogen (secondary N) is 1. The van der Waals surface area contributed by atoms with E-state index in [0.717, 1.165) is 0 Å². The molecule has 1 atom stereocenters. The summed E-state index contributed by atoms with van der Waals surface area (Å²) in [6.45, 7) is -0.559. The largest absolute Gasteiger partial charge is 0.497 e. The second-order valence-corrected chi connectivity index (χ2v) is 7.12. The van der Waals surface area contributed by atoms with Crippen LogP contribution in [0.5, 0.6) is 5.75 Å². The SMILES string of the molecule is COc1ccc([N+](=O)[O-])c(NC(=O)COC(=O)[C@H]2CC(=O)N(c3cccc(Cl)c3)C2)c1. The van der Waals surface area contributed by atoms with Crippen LogP contribution in [0, 0.1) is 16.0 Å². The number of esters is 1. The summed E-state index contributed by atoms with van der Waals surface area (Å²) in [5, 5.41) is 13.9. The first-order chi connectivity index (χ1) is 14.8. The minimum atomic E-state index is -0.763. The summed E-state index contributed by atoms with van der Waals surface area (Å²) in [7, 11) is 1.38. The molecule has 10 nitrogen and oxygen atoms in total. The molecule has 162 valence electrons. The molecule has 3 rings (SSSR count). The molecule has 2 amide bonds. The van der Waals surface area contributed by atoms with Crippen LogP contribution in [0.15, 0.2) is 42.5 Å². The Balaban J connectivity index is 1.58. The van der Waals surface area contributed by atoms with E-state index in [0.29, 0.717) is 16.5 Å². The maximum atomic E-state index is 12.3. The first kappa shape index (κ1) is 22.0. The van der Waals surface area contributed by atoms with Crippen molar-refractivity contribution < 1.29 is 28.8 Å². The molecule has 1 heterocycles. The molecule has 1 N–H and O–H groups in total. The van der Waals surface area contributed by atoms with Gasteiger partial charge in [-0.1, -0.05) is 17.7 Å². The number of amides is 2. The van der Waals surface area contributed by atoms with E-state index in [1.165, 1.54) is 30.2 Å². The molecule has 0 aliphatic carbocycles. The van der Waals surface area contributed by atoms with Gasteiger partial charge in [0.2, 0.25) is 5.91 Å². The minimum Gasteiger partial charge on any atom is -0.497 e. The highest BCUT2D eigenvalue weighted by Gasteiger charge is 2.36. The Kier molecular flexibility index (Phi) is 6.71.